The lowest BCUT2D eigenvalue weighted by Gasteiger charge is -2.37. The van der Waals surface area contributed by atoms with Crippen LogP contribution in [0.4, 0.5) is 5.69 Å². The van der Waals surface area contributed by atoms with Gasteiger partial charge in [0.2, 0.25) is 15.9 Å². The molecule has 150 valence electrons. The van der Waals surface area contributed by atoms with Gasteiger partial charge in [0.05, 0.1) is 18.0 Å². The van der Waals surface area contributed by atoms with Crippen LogP contribution in [0.5, 0.6) is 5.75 Å². The number of amides is 1. The molecule has 28 heavy (non-hydrogen) atoms. The molecule has 1 heterocycles. The molecule has 8 heteroatoms. The Morgan fingerprint density at radius 2 is 1.61 bits per heavy atom. The maximum absolute atomic E-state index is 12.7. The second-order valence-electron chi connectivity index (χ2n) is 6.67. The van der Waals surface area contributed by atoms with Crippen molar-refractivity contribution in [3.05, 3.63) is 54.6 Å². The lowest BCUT2D eigenvalue weighted by atomic mass is 10.2. The minimum absolute atomic E-state index is 0.0989. The third-order valence-electron chi connectivity index (χ3n) is 4.78. The molecule has 0 aliphatic carbocycles. The first kappa shape index (κ1) is 20.2. The van der Waals surface area contributed by atoms with Crippen molar-refractivity contribution < 1.29 is 17.9 Å². The van der Waals surface area contributed by atoms with Gasteiger partial charge in [-0.1, -0.05) is 18.2 Å². The van der Waals surface area contributed by atoms with Crippen LogP contribution in [0.25, 0.3) is 0 Å². The summed E-state index contributed by atoms with van der Waals surface area (Å²) in [6.45, 7) is 4.12. The predicted molar refractivity (Wildman–Crippen MR) is 108 cm³/mol. The number of carbonyl (C=O) groups excluding carboxylic acids is 1. The van der Waals surface area contributed by atoms with Gasteiger partial charge in [-0.3, -0.25) is 4.79 Å². The first-order valence-corrected chi connectivity index (χ1v) is 10.6. The number of benzene rings is 2. The highest BCUT2D eigenvalue weighted by molar-refractivity contribution is 7.89. The van der Waals surface area contributed by atoms with Crippen LogP contribution in [-0.4, -0.2) is 58.6 Å². The molecule has 1 aliphatic heterocycles. The molecule has 0 bridgehead atoms. The van der Waals surface area contributed by atoms with Crippen LogP contribution in [-0.2, 0) is 14.8 Å². The third kappa shape index (κ3) is 4.63. The van der Waals surface area contributed by atoms with Crippen molar-refractivity contribution in [2.45, 2.75) is 17.9 Å². The van der Waals surface area contributed by atoms with Gasteiger partial charge in [0.1, 0.15) is 5.75 Å². The minimum Gasteiger partial charge on any atom is -0.497 e. The molecule has 0 aromatic heterocycles. The average molecular weight is 404 g/mol. The Kier molecular flexibility index (Phi) is 6.21. The molecule has 7 nitrogen and oxygen atoms in total. The van der Waals surface area contributed by atoms with Gasteiger partial charge in [-0.05, 0) is 43.3 Å². The van der Waals surface area contributed by atoms with E-state index in [2.05, 4.69) is 9.62 Å². The first-order valence-electron chi connectivity index (χ1n) is 9.16. The number of hydrogen-bond donors (Lipinski definition) is 1. The van der Waals surface area contributed by atoms with E-state index in [0.717, 1.165) is 5.69 Å². The van der Waals surface area contributed by atoms with Crippen LogP contribution in [0.1, 0.15) is 6.92 Å². The van der Waals surface area contributed by atoms with Crippen molar-refractivity contribution in [3.8, 4) is 5.75 Å². The van der Waals surface area contributed by atoms with E-state index < -0.39 is 16.1 Å². The number of nitrogens with one attached hydrogen (secondary N) is 1. The highest BCUT2D eigenvalue weighted by Crippen LogP contribution is 2.18. The van der Waals surface area contributed by atoms with Crippen LogP contribution in [0.3, 0.4) is 0 Å². The smallest absolute Gasteiger partial charge is 0.241 e. The third-order valence-corrected chi connectivity index (χ3v) is 6.34. The molecule has 3 rings (SSSR count). The predicted octanol–water partition coefficient (Wildman–Crippen LogP) is 1.71. The van der Waals surface area contributed by atoms with E-state index in [1.54, 1.807) is 24.0 Å². The maximum Gasteiger partial charge on any atom is 0.241 e. The molecule has 1 amide bonds. The topological polar surface area (TPSA) is 78.9 Å². The number of para-hydroxylation sites is 1. The second-order valence-corrected chi connectivity index (χ2v) is 8.38. The Bertz CT molecular complexity index is 893. The van der Waals surface area contributed by atoms with Gasteiger partial charge in [-0.25, -0.2) is 8.42 Å². The quantitative estimate of drug-likeness (QED) is 0.794. The van der Waals surface area contributed by atoms with Crippen molar-refractivity contribution in [3.63, 3.8) is 0 Å². The normalized spacial score (nSPS) is 15.9. The molecule has 1 saturated heterocycles. The SMILES string of the molecule is COc1ccc(S(=O)(=O)N[C@H](C)C(=O)N2CCN(c3ccccc3)CC2)cc1. The summed E-state index contributed by atoms with van der Waals surface area (Å²) >= 11 is 0. The standard InChI is InChI=1S/C20H25N3O4S/c1-16(21-28(25,26)19-10-8-18(27-2)9-11-19)20(24)23-14-12-22(13-15-23)17-6-4-3-5-7-17/h3-11,16,21H,12-15H2,1-2H3/t16-/m1/s1. The number of nitrogens with zero attached hydrogens (tertiary/aromatic N) is 2. The Morgan fingerprint density at radius 1 is 1.00 bits per heavy atom. The molecule has 0 radical (unpaired) electrons. The number of carbonyl (C=O) groups is 1. The van der Waals surface area contributed by atoms with Gasteiger partial charge in [0.25, 0.3) is 0 Å². The Balaban J connectivity index is 1.58. The van der Waals surface area contributed by atoms with E-state index in [9.17, 15) is 13.2 Å². The lowest BCUT2D eigenvalue weighted by molar-refractivity contribution is -0.132. The van der Waals surface area contributed by atoms with Crippen molar-refractivity contribution in [1.82, 2.24) is 9.62 Å². The summed E-state index contributed by atoms with van der Waals surface area (Å²) in [5.74, 6) is 0.351. The van der Waals surface area contributed by atoms with E-state index in [-0.39, 0.29) is 10.8 Å². The highest BCUT2D eigenvalue weighted by atomic mass is 32.2. The van der Waals surface area contributed by atoms with Crippen LogP contribution >= 0.6 is 0 Å². The molecule has 0 saturated carbocycles. The fourth-order valence-electron chi connectivity index (χ4n) is 3.20. The molecule has 1 aliphatic rings. The minimum atomic E-state index is -3.79. The monoisotopic (exact) mass is 403 g/mol. The number of rotatable bonds is 6. The Labute approximate surface area is 166 Å². The molecule has 2 aromatic rings. The Hall–Kier alpha value is -2.58. The van der Waals surface area contributed by atoms with E-state index in [1.165, 1.54) is 19.2 Å². The second kappa shape index (κ2) is 8.62. The molecule has 1 N–H and O–H groups in total. The van der Waals surface area contributed by atoms with Crippen molar-refractivity contribution >= 4 is 21.6 Å². The van der Waals surface area contributed by atoms with Gasteiger partial charge in [0, 0.05) is 31.9 Å². The van der Waals surface area contributed by atoms with Crippen molar-refractivity contribution in [1.29, 1.82) is 0 Å². The zero-order valence-corrected chi connectivity index (χ0v) is 16.9. The van der Waals surface area contributed by atoms with Gasteiger partial charge < -0.3 is 14.5 Å². The first-order chi connectivity index (χ1) is 13.4. The molecule has 1 fully saturated rings. The van der Waals surface area contributed by atoms with Gasteiger partial charge in [-0.2, -0.15) is 4.72 Å². The molecule has 0 unspecified atom stereocenters. The largest absolute Gasteiger partial charge is 0.497 e. The number of methoxy groups -OCH3 is 1. The number of sulfonamides is 1. The summed E-state index contributed by atoms with van der Waals surface area (Å²) in [5, 5.41) is 0. The molecule has 0 spiro atoms. The van der Waals surface area contributed by atoms with Gasteiger partial charge in [-0.15, -0.1) is 0 Å². The fourth-order valence-corrected chi connectivity index (χ4v) is 4.40. The number of ether oxygens (including phenoxy) is 1. The molecule has 1 atom stereocenters. The summed E-state index contributed by atoms with van der Waals surface area (Å²) in [6.07, 6.45) is 0. The van der Waals surface area contributed by atoms with Crippen LogP contribution in [0, 0.1) is 0 Å². The lowest BCUT2D eigenvalue weighted by Crippen LogP contribution is -2.54. The zero-order valence-electron chi connectivity index (χ0n) is 16.0. The van der Waals surface area contributed by atoms with E-state index >= 15 is 0 Å². The summed E-state index contributed by atoms with van der Waals surface area (Å²) in [4.78, 5) is 16.7. The van der Waals surface area contributed by atoms with Crippen LogP contribution in [0.15, 0.2) is 59.5 Å². The number of anilines is 1. The summed E-state index contributed by atoms with van der Waals surface area (Å²) < 4.78 is 32.6. The fraction of sp³-hybridized carbons (Fsp3) is 0.350. The van der Waals surface area contributed by atoms with Crippen LogP contribution < -0.4 is 14.4 Å². The summed E-state index contributed by atoms with van der Waals surface area (Å²) in [7, 11) is -2.27. The Morgan fingerprint density at radius 3 is 2.18 bits per heavy atom. The molecular formula is C20H25N3O4S. The van der Waals surface area contributed by atoms with E-state index in [0.29, 0.717) is 31.9 Å². The molecule has 2 aromatic carbocycles. The molecular weight excluding hydrogens is 378 g/mol. The average Bonchev–Trinajstić information content (AvgIpc) is 2.73. The summed E-state index contributed by atoms with van der Waals surface area (Å²) in [6, 6.07) is 15.3. The van der Waals surface area contributed by atoms with Crippen LogP contribution in [0.2, 0.25) is 0 Å². The van der Waals surface area contributed by atoms with E-state index in [1.807, 2.05) is 30.3 Å². The number of hydrogen-bond acceptors (Lipinski definition) is 5. The van der Waals surface area contributed by atoms with Crippen molar-refractivity contribution in [2.75, 3.05) is 38.2 Å². The van der Waals surface area contributed by atoms with Gasteiger partial charge in [0.15, 0.2) is 0 Å². The number of piperazine rings is 1. The maximum atomic E-state index is 12.7. The van der Waals surface area contributed by atoms with Gasteiger partial charge >= 0.3 is 0 Å². The zero-order chi connectivity index (χ0) is 20.1. The highest BCUT2D eigenvalue weighted by Gasteiger charge is 2.28. The van der Waals surface area contributed by atoms with Crippen molar-refractivity contribution in [2.24, 2.45) is 0 Å². The summed E-state index contributed by atoms with van der Waals surface area (Å²) in [5.41, 5.74) is 1.13. The van der Waals surface area contributed by atoms with E-state index in [4.69, 9.17) is 4.74 Å².